The number of benzene rings is 1. The average molecular weight is 466 g/mol. The molecule has 1 saturated heterocycles. The Morgan fingerprint density at radius 2 is 2.03 bits per heavy atom. The Bertz CT molecular complexity index is 1320. The summed E-state index contributed by atoms with van der Waals surface area (Å²) in [6.07, 6.45) is 3.97. The number of rotatable bonds is 6. The fourth-order valence-electron chi connectivity index (χ4n) is 4.32. The van der Waals surface area contributed by atoms with Gasteiger partial charge in [0, 0.05) is 17.1 Å². The van der Waals surface area contributed by atoms with Gasteiger partial charge in [-0.15, -0.1) is 0 Å². The zero-order chi connectivity index (χ0) is 24.8. The molecule has 0 amide bonds. The largest absolute Gasteiger partial charge is 0.382 e. The molecule has 35 heavy (non-hydrogen) atoms. The molecule has 3 heterocycles. The highest BCUT2D eigenvalue weighted by atomic mass is 15.1. The Morgan fingerprint density at radius 3 is 2.71 bits per heavy atom. The maximum absolute atomic E-state index is 9.27. The number of piperidine rings is 1. The molecule has 0 atom stereocenters. The molecule has 7 nitrogen and oxygen atoms in total. The van der Waals surface area contributed by atoms with Gasteiger partial charge in [0.05, 0.1) is 46.8 Å². The summed E-state index contributed by atoms with van der Waals surface area (Å²) >= 11 is 0. The Labute approximate surface area is 207 Å². The molecule has 1 fully saturated rings. The number of nitrogens with zero attached hydrogens (tertiary/aromatic N) is 5. The molecule has 1 aliphatic rings. The first-order valence-corrected chi connectivity index (χ1v) is 11.9. The van der Waals surface area contributed by atoms with Crippen LogP contribution in [0, 0.1) is 29.7 Å². The number of anilines is 2. The van der Waals surface area contributed by atoms with Gasteiger partial charge in [0.25, 0.3) is 6.67 Å². The van der Waals surface area contributed by atoms with E-state index in [1.54, 1.807) is 6.20 Å². The van der Waals surface area contributed by atoms with E-state index in [0.717, 1.165) is 59.6 Å². The Kier molecular flexibility index (Phi) is 7.25. The van der Waals surface area contributed by atoms with Crippen LogP contribution < -0.4 is 10.6 Å². The standard InChI is InChI=1S/C28H31N7/c1-28(2,19-29)27-11-10-22(18-32-27)31-14-6-7-23-17-24-25(33-21-12-15-34(4)16-13-21)8-5-9-26(24)35(23)20-30-3/h5,8-11,17-18,21,31,33H,12-16,20H2,1-2,4H3. The van der Waals surface area contributed by atoms with E-state index >= 15 is 0 Å². The maximum Gasteiger partial charge on any atom is 0.294 e. The molecule has 0 aliphatic carbocycles. The van der Waals surface area contributed by atoms with E-state index in [2.05, 4.69) is 68.5 Å². The van der Waals surface area contributed by atoms with Crippen LogP contribution in [0.3, 0.4) is 0 Å². The normalized spacial score (nSPS) is 14.5. The van der Waals surface area contributed by atoms with Gasteiger partial charge in [-0.05, 0) is 83.1 Å². The van der Waals surface area contributed by atoms with Crippen molar-refractivity contribution < 1.29 is 0 Å². The van der Waals surface area contributed by atoms with Crippen molar-refractivity contribution in [3.8, 4) is 17.9 Å². The van der Waals surface area contributed by atoms with E-state index in [-0.39, 0.29) is 6.67 Å². The maximum atomic E-state index is 9.27. The third-order valence-electron chi connectivity index (χ3n) is 6.52. The first-order chi connectivity index (χ1) is 16.9. The van der Waals surface area contributed by atoms with Gasteiger partial charge in [0.15, 0.2) is 0 Å². The van der Waals surface area contributed by atoms with Crippen molar-refractivity contribution in [2.24, 2.45) is 0 Å². The van der Waals surface area contributed by atoms with Crippen molar-refractivity contribution in [1.29, 1.82) is 5.26 Å². The molecule has 1 aliphatic heterocycles. The van der Waals surface area contributed by atoms with Crippen molar-refractivity contribution >= 4 is 22.3 Å². The average Bonchev–Trinajstić information content (AvgIpc) is 3.22. The molecule has 0 radical (unpaired) electrons. The van der Waals surface area contributed by atoms with Crippen LogP contribution in [0.1, 0.15) is 38.1 Å². The lowest BCUT2D eigenvalue weighted by molar-refractivity contribution is 0.264. The zero-order valence-corrected chi connectivity index (χ0v) is 20.6. The van der Waals surface area contributed by atoms with E-state index in [1.807, 2.05) is 36.6 Å². The summed E-state index contributed by atoms with van der Waals surface area (Å²) in [7, 11) is 2.17. The number of hydrogen-bond acceptors (Lipinski definition) is 5. The lowest BCUT2D eigenvalue weighted by Crippen LogP contribution is -2.36. The van der Waals surface area contributed by atoms with Gasteiger partial charge < -0.3 is 15.5 Å². The molecule has 1 aromatic carbocycles. The summed E-state index contributed by atoms with van der Waals surface area (Å²) in [5, 5.41) is 17.4. The van der Waals surface area contributed by atoms with E-state index in [9.17, 15) is 5.26 Å². The lowest BCUT2D eigenvalue weighted by Gasteiger charge is -2.30. The van der Waals surface area contributed by atoms with Gasteiger partial charge >= 0.3 is 0 Å². The summed E-state index contributed by atoms with van der Waals surface area (Å²) in [5.41, 5.74) is 3.94. The van der Waals surface area contributed by atoms with Gasteiger partial charge in [0.1, 0.15) is 0 Å². The molecule has 0 saturated carbocycles. The number of aromatic nitrogens is 2. The Morgan fingerprint density at radius 1 is 1.23 bits per heavy atom. The van der Waals surface area contributed by atoms with E-state index in [0.29, 0.717) is 12.6 Å². The fourth-order valence-corrected chi connectivity index (χ4v) is 4.32. The zero-order valence-electron chi connectivity index (χ0n) is 20.6. The van der Waals surface area contributed by atoms with Crippen LogP contribution >= 0.6 is 0 Å². The third-order valence-corrected chi connectivity index (χ3v) is 6.52. The molecule has 0 unspecified atom stereocenters. The van der Waals surface area contributed by atoms with Gasteiger partial charge in [-0.2, -0.15) is 5.26 Å². The smallest absolute Gasteiger partial charge is 0.294 e. The highest BCUT2D eigenvalue weighted by molar-refractivity contribution is 5.94. The number of fused-ring (bicyclic) bond motifs is 1. The van der Waals surface area contributed by atoms with Crippen LogP contribution in [0.25, 0.3) is 15.7 Å². The monoisotopic (exact) mass is 465 g/mol. The molecular formula is C28H31N7. The summed E-state index contributed by atoms with van der Waals surface area (Å²) < 4.78 is 1.98. The van der Waals surface area contributed by atoms with Gasteiger partial charge in [-0.1, -0.05) is 12.0 Å². The topological polar surface area (TPSA) is 73.3 Å². The van der Waals surface area contributed by atoms with E-state index in [1.165, 1.54) is 0 Å². The minimum atomic E-state index is -0.615. The second kappa shape index (κ2) is 10.5. The van der Waals surface area contributed by atoms with Gasteiger partial charge in [-0.25, -0.2) is 6.57 Å². The molecule has 7 heteroatoms. The van der Waals surface area contributed by atoms with E-state index < -0.39 is 5.41 Å². The van der Waals surface area contributed by atoms with Gasteiger partial charge in [0.2, 0.25) is 0 Å². The minimum absolute atomic E-state index is 0.235. The number of nitriles is 1. The fraction of sp³-hybridized carbons (Fsp3) is 0.393. The molecule has 2 N–H and O–H groups in total. The van der Waals surface area contributed by atoms with Crippen LogP contribution in [0.4, 0.5) is 11.4 Å². The minimum Gasteiger partial charge on any atom is -0.382 e. The SMILES string of the molecule is [C-]#[N+]Cn1c(C#CCNc2ccc(C(C)(C)C#N)nc2)cc2c(NC3CCN(C)CC3)cccc21. The number of nitrogens with one attached hydrogen (secondary N) is 2. The van der Waals surface area contributed by atoms with Crippen molar-refractivity contribution in [2.75, 3.05) is 37.3 Å². The van der Waals surface area contributed by atoms with E-state index in [4.69, 9.17) is 6.57 Å². The molecule has 0 spiro atoms. The van der Waals surface area contributed by atoms with Crippen molar-refractivity contribution in [1.82, 2.24) is 14.5 Å². The highest BCUT2D eigenvalue weighted by Crippen LogP contribution is 2.29. The summed E-state index contributed by atoms with van der Waals surface area (Å²) in [4.78, 5) is 10.4. The predicted molar refractivity (Wildman–Crippen MR) is 141 cm³/mol. The highest BCUT2D eigenvalue weighted by Gasteiger charge is 2.21. The molecular weight excluding hydrogens is 434 g/mol. The Hall–Kier alpha value is -3.99. The van der Waals surface area contributed by atoms with Crippen LogP contribution in [0.2, 0.25) is 0 Å². The van der Waals surface area contributed by atoms with Gasteiger partial charge in [-0.3, -0.25) is 14.4 Å². The number of pyridine rings is 1. The first-order valence-electron chi connectivity index (χ1n) is 11.9. The van der Waals surface area contributed by atoms with Crippen molar-refractivity contribution in [2.45, 2.75) is 44.8 Å². The third kappa shape index (κ3) is 5.57. The van der Waals surface area contributed by atoms with Crippen LogP contribution in [0.15, 0.2) is 42.6 Å². The second-order valence-electron chi connectivity index (χ2n) is 9.54. The molecule has 3 aromatic rings. The summed E-state index contributed by atoms with van der Waals surface area (Å²) in [6, 6.07) is 14.8. The number of hydrogen-bond donors (Lipinski definition) is 2. The summed E-state index contributed by atoms with van der Waals surface area (Å²) in [6.45, 7) is 14.0. The molecule has 178 valence electrons. The first kappa shape index (κ1) is 24.1. The van der Waals surface area contributed by atoms with Crippen molar-refractivity contribution in [3.05, 3.63) is 65.4 Å². The molecule has 2 aromatic heterocycles. The quantitative estimate of drug-likeness (QED) is 0.408. The predicted octanol–water partition coefficient (Wildman–Crippen LogP) is 4.68. The van der Waals surface area contributed by atoms with Crippen LogP contribution in [-0.4, -0.2) is 47.2 Å². The lowest BCUT2D eigenvalue weighted by atomic mass is 9.91. The number of likely N-dealkylation sites (tertiary alicyclic amines) is 1. The second-order valence-corrected chi connectivity index (χ2v) is 9.54. The van der Waals surface area contributed by atoms with Crippen LogP contribution in [-0.2, 0) is 12.1 Å². The Balaban J connectivity index is 1.50. The molecule has 4 rings (SSSR count). The van der Waals surface area contributed by atoms with Crippen LogP contribution in [0.5, 0.6) is 0 Å². The van der Waals surface area contributed by atoms with Crippen molar-refractivity contribution in [3.63, 3.8) is 0 Å². The summed E-state index contributed by atoms with van der Waals surface area (Å²) in [5.74, 6) is 6.43. The molecule has 0 bridgehead atoms.